The quantitative estimate of drug-likeness (QED) is 0.598. The van der Waals surface area contributed by atoms with Crippen molar-refractivity contribution in [3.05, 3.63) is 0 Å². The fourth-order valence-electron chi connectivity index (χ4n) is 2.37. The maximum atomic E-state index is 12.6. The van der Waals surface area contributed by atoms with Crippen molar-refractivity contribution >= 4 is 0 Å². The largest absolute Gasteiger partial charge is 0.460 e. The minimum atomic E-state index is -4.25. The van der Waals surface area contributed by atoms with Crippen LogP contribution in [0, 0.1) is 0 Å². The first-order valence-electron chi connectivity index (χ1n) is 4.67. The Morgan fingerprint density at radius 3 is 2.07 bits per heavy atom. The van der Waals surface area contributed by atoms with Gasteiger partial charge in [-0.25, -0.2) is 4.90 Å². The summed E-state index contributed by atoms with van der Waals surface area (Å²) >= 11 is 0. The smallest absolute Gasteiger partial charge is 0.378 e. The van der Waals surface area contributed by atoms with Crippen molar-refractivity contribution in [2.45, 2.75) is 37.3 Å². The van der Waals surface area contributed by atoms with Crippen molar-refractivity contribution < 1.29 is 17.9 Å². The van der Waals surface area contributed by atoms with Crippen LogP contribution in [0.25, 0.3) is 0 Å². The highest BCUT2D eigenvalue weighted by Gasteiger charge is 2.51. The molecule has 2 rings (SSSR count). The first-order chi connectivity index (χ1) is 6.48. The molecule has 2 aliphatic heterocycles. The number of hydrogen-bond acceptors (Lipinski definition) is 3. The van der Waals surface area contributed by atoms with Crippen LogP contribution >= 0.6 is 0 Å². The number of fused-ring (bicyclic) bond motifs is 2. The van der Waals surface area contributed by atoms with Crippen molar-refractivity contribution in [2.24, 2.45) is 5.73 Å². The highest BCUT2D eigenvalue weighted by molar-refractivity contribution is 4.94. The molecule has 6 heteroatoms. The van der Waals surface area contributed by atoms with E-state index in [1.54, 1.807) is 0 Å². The molecule has 0 amide bonds. The lowest BCUT2D eigenvalue weighted by atomic mass is 9.91. The maximum absolute atomic E-state index is 12.6. The molecule has 2 fully saturated rings. The molecule has 2 bridgehead atoms. The first-order valence-corrected chi connectivity index (χ1v) is 4.67. The van der Waals surface area contributed by atoms with E-state index in [9.17, 15) is 13.2 Å². The summed E-state index contributed by atoms with van der Waals surface area (Å²) in [6.07, 6.45) is -3.51. The van der Waals surface area contributed by atoms with Gasteiger partial charge in [0.1, 0.15) is 0 Å². The summed E-state index contributed by atoms with van der Waals surface area (Å²) < 4.78 is 43.0. The molecular formula is C8H13F3N2O. The molecule has 82 valence electrons. The Morgan fingerprint density at radius 1 is 1.14 bits per heavy atom. The Kier molecular flexibility index (Phi) is 2.45. The molecule has 0 saturated carbocycles. The number of nitrogens with zero attached hydrogens (tertiary/aromatic N) is 1. The lowest BCUT2D eigenvalue weighted by molar-refractivity contribution is -0.301. The molecule has 0 radical (unpaired) electrons. The van der Waals surface area contributed by atoms with E-state index in [2.05, 4.69) is 0 Å². The molecular weight excluding hydrogens is 197 g/mol. The third-order valence-corrected chi connectivity index (χ3v) is 2.85. The number of alkyl halides is 3. The number of hydrogen-bond donors (Lipinski definition) is 1. The van der Waals surface area contributed by atoms with Crippen LogP contribution in [-0.4, -0.2) is 42.5 Å². The molecule has 2 heterocycles. The van der Waals surface area contributed by atoms with Crippen molar-refractivity contribution in [1.29, 1.82) is 0 Å². The second kappa shape index (κ2) is 3.36. The number of piperidine rings is 1. The molecule has 0 aromatic heterocycles. The predicted molar refractivity (Wildman–Crippen MR) is 43.5 cm³/mol. The van der Waals surface area contributed by atoms with Gasteiger partial charge in [-0.1, -0.05) is 0 Å². The maximum Gasteiger partial charge on any atom is 0.460 e. The van der Waals surface area contributed by atoms with Gasteiger partial charge in [-0.15, -0.1) is 0 Å². The zero-order chi connectivity index (χ0) is 10.3. The van der Waals surface area contributed by atoms with E-state index in [4.69, 9.17) is 10.5 Å². The molecule has 14 heavy (non-hydrogen) atoms. The third kappa shape index (κ3) is 1.74. The molecule has 2 saturated heterocycles. The van der Waals surface area contributed by atoms with Crippen LogP contribution in [0.5, 0.6) is 0 Å². The minimum Gasteiger partial charge on any atom is -0.378 e. The average molecular weight is 210 g/mol. The number of halogens is 3. The highest BCUT2D eigenvalue weighted by atomic mass is 19.4. The van der Waals surface area contributed by atoms with Crippen LogP contribution in [-0.2, 0) is 4.74 Å². The summed E-state index contributed by atoms with van der Waals surface area (Å²) in [5, 5.41) is 0. The molecule has 0 aromatic carbocycles. The summed E-state index contributed by atoms with van der Waals surface area (Å²) in [6, 6.07) is -1.29. The normalized spacial score (nSPS) is 39.9. The van der Waals surface area contributed by atoms with E-state index in [1.165, 1.54) is 0 Å². The third-order valence-electron chi connectivity index (χ3n) is 2.85. The standard InChI is InChI=1S/C8H13F3N2O/c9-8(10,11)13-6-1-5(12)2-7(13)4-14-3-6/h5-7H,1-4,12H2/t5?,6-,7+. The van der Waals surface area contributed by atoms with E-state index in [-0.39, 0.29) is 19.3 Å². The lowest BCUT2D eigenvalue weighted by Crippen LogP contribution is -2.63. The Labute approximate surface area is 80.0 Å². The average Bonchev–Trinajstić information content (AvgIpc) is 1.99. The van der Waals surface area contributed by atoms with Gasteiger partial charge in [-0.2, -0.15) is 13.2 Å². The van der Waals surface area contributed by atoms with E-state index >= 15 is 0 Å². The minimum absolute atomic E-state index is 0.118. The number of rotatable bonds is 0. The van der Waals surface area contributed by atoms with Gasteiger partial charge in [0.2, 0.25) is 0 Å². The first kappa shape index (κ1) is 10.2. The fourth-order valence-corrected chi connectivity index (χ4v) is 2.37. The predicted octanol–water partition coefficient (Wildman–Crippen LogP) is 0.697. The molecule has 3 nitrogen and oxygen atoms in total. The Morgan fingerprint density at radius 2 is 1.64 bits per heavy atom. The Balaban J connectivity index is 2.17. The van der Waals surface area contributed by atoms with Crippen molar-refractivity contribution in [1.82, 2.24) is 4.90 Å². The second-order valence-corrected chi connectivity index (χ2v) is 3.95. The van der Waals surface area contributed by atoms with Gasteiger partial charge in [0.05, 0.1) is 13.2 Å². The summed E-state index contributed by atoms with van der Waals surface area (Å²) in [5.41, 5.74) is 5.68. The van der Waals surface area contributed by atoms with Crippen molar-refractivity contribution in [2.75, 3.05) is 13.2 Å². The van der Waals surface area contributed by atoms with Crippen LogP contribution in [0.4, 0.5) is 13.2 Å². The van der Waals surface area contributed by atoms with Gasteiger partial charge in [-0.3, -0.25) is 0 Å². The molecule has 2 N–H and O–H groups in total. The van der Waals surface area contributed by atoms with Gasteiger partial charge in [-0.05, 0) is 12.8 Å². The molecule has 0 aliphatic carbocycles. The van der Waals surface area contributed by atoms with Gasteiger partial charge < -0.3 is 10.5 Å². The topological polar surface area (TPSA) is 38.5 Å². The van der Waals surface area contributed by atoms with Crippen LogP contribution in [0.3, 0.4) is 0 Å². The van der Waals surface area contributed by atoms with Gasteiger partial charge in [0.25, 0.3) is 0 Å². The Hall–Kier alpha value is -0.330. The molecule has 1 unspecified atom stereocenters. The Bertz CT molecular complexity index is 207. The number of morpholine rings is 1. The monoisotopic (exact) mass is 210 g/mol. The van der Waals surface area contributed by atoms with Crippen LogP contribution in [0.2, 0.25) is 0 Å². The lowest BCUT2D eigenvalue weighted by Gasteiger charge is -2.47. The summed E-state index contributed by atoms with van der Waals surface area (Å²) in [6.45, 7) is 0.285. The van der Waals surface area contributed by atoms with Gasteiger partial charge in [0.15, 0.2) is 0 Å². The molecule has 0 spiro atoms. The van der Waals surface area contributed by atoms with E-state index < -0.39 is 18.4 Å². The van der Waals surface area contributed by atoms with Gasteiger partial charge in [0, 0.05) is 18.1 Å². The summed E-state index contributed by atoms with van der Waals surface area (Å²) in [7, 11) is 0. The summed E-state index contributed by atoms with van der Waals surface area (Å²) in [5.74, 6) is 0. The van der Waals surface area contributed by atoms with E-state index in [0.717, 1.165) is 0 Å². The number of ether oxygens (including phenoxy) is 1. The molecule has 3 atom stereocenters. The second-order valence-electron chi connectivity index (χ2n) is 3.95. The van der Waals surface area contributed by atoms with Crippen LogP contribution in [0.15, 0.2) is 0 Å². The zero-order valence-electron chi connectivity index (χ0n) is 7.63. The fraction of sp³-hybridized carbons (Fsp3) is 1.00. The number of nitrogens with two attached hydrogens (primary N) is 1. The van der Waals surface area contributed by atoms with Crippen molar-refractivity contribution in [3.63, 3.8) is 0 Å². The summed E-state index contributed by atoms with van der Waals surface area (Å²) in [4.78, 5) is 0.611. The van der Waals surface area contributed by atoms with Crippen LogP contribution in [0.1, 0.15) is 12.8 Å². The SMILES string of the molecule is NC1C[C@H]2COC[C@@H](C1)N2C(F)(F)F. The van der Waals surface area contributed by atoms with Crippen molar-refractivity contribution in [3.8, 4) is 0 Å². The van der Waals surface area contributed by atoms with Gasteiger partial charge >= 0.3 is 6.30 Å². The molecule has 2 aliphatic rings. The van der Waals surface area contributed by atoms with Crippen LogP contribution < -0.4 is 5.73 Å². The van der Waals surface area contributed by atoms with E-state index in [1.807, 2.05) is 0 Å². The molecule has 0 aromatic rings. The van der Waals surface area contributed by atoms with E-state index in [0.29, 0.717) is 17.7 Å². The zero-order valence-corrected chi connectivity index (χ0v) is 7.63. The highest BCUT2D eigenvalue weighted by Crippen LogP contribution is 2.35.